The zero-order valence-electron chi connectivity index (χ0n) is 12.8. The van der Waals surface area contributed by atoms with Gasteiger partial charge in [0.25, 0.3) is 5.91 Å². The third-order valence-electron chi connectivity index (χ3n) is 3.66. The molecule has 0 saturated carbocycles. The maximum Gasteiger partial charge on any atom is 0.252 e. The predicted molar refractivity (Wildman–Crippen MR) is 84.2 cm³/mol. The van der Waals surface area contributed by atoms with Crippen LogP contribution in [-0.4, -0.2) is 28.6 Å². The molecule has 112 valence electrons. The van der Waals surface area contributed by atoms with Gasteiger partial charge in [-0.25, -0.2) is 0 Å². The van der Waals surface area contributed by atoms with E-state index in [4.69, 9.17) is 0 Å². The van der Waals surface area contributed by atoms with Crippen LogP contribution in [0.3, 0.4) is 0 Å². The number of hydrogen-bond donors (Lipinski definition) is 2. The van der Waals surface area contributed by atoms with E-state index < -0.39 is 0 Å². The van der Waals surface area contributed by atoms with Crippen molar-refractivity contribution < 1.29 is 9.90 Å². The van der Waals surface area contributed by atoms with Gasteiger partial charge < -0.3 is 10.4 Å². The van der Waals surface area contributed by atoms with Crippen molar-refractivity contribution in [2.24, 2.45) is 5.41 Å². The molecule has 2 N–H and O–H groups in total. The summed E-state index contributed by atoms with van der Waals surface area (Å²) in [5.74, 6) is -0.123. The number of aromatic nitrogens is 1. The quantitative estimate of drug-likeness (QED) is 0.908. The molecule has 4 heteroatoms. The average molecular weight is 286 g/mol. The zero-order chi connectivity index (χ0) is 15.5. The second kappa shape index (κ2) is 6.22. The van der Waals surface area contributed by atoms with Crippen molar-refractivity contribution in [3.05, 3.63) is 42.1 Å². The molecule has 0 aliphatic carbocycles. The van der Waals surface area contributed by atoms with Gasteiger partial charge in [-0.2, -0.15) is 0 Å². The molecule has 1 aromatic heterocycles. The van der Waals surface area contributed by atoms with Crippen molar-refractivity contribution in [2.75, 3.05) is 6.61 Å². The highest BCUT2D eigenvalue weighted by Crippen LogP contribution is 2.23. The van der Waals surface area contributed by atoms with Crippen molar-refractivity contribution in [1.82, 2.24) is 10.3 Å². The Hall–Kier alpha value is -1.94. The van der Waals surface area contributed by atoms with Crippen LogP contribution in [0.4, 0.5) is 0 Å². The van der Waals surface area contributed by atoms with Crippen LogP contribution in [0.5, 0.6) is 0 Å². The summed E-state index contributed by atoms with van der Waals surface area (Å²) in [7, 11) is 0. The minimum absolute atomic E-state index is 0.0549. The number of fused-ring (bicyclic) bond motifs is 1. The maximum atomic E-state index is 12.6. The van der Waals surface area contributed by atoms with Crippen LogP contribution in [0.15, 0.2) is 36.5 Å². The van der Waals surface area contributed by atoms with Crippen LogP contribution < -0.4 is 5.32 Å². The van der Waals surface area contributed by atoms with Crippen LogP contribution >= 0.6 is 0 Å². The molecule has 21 heavy (non-hydrogen) atoms. The van der Waals surface area contributed by atoms with Crippen LogP contribution in [0.25, 0.3) is 10.9 Å². The molecular formula is C17H22N2O2. The van der Waals surface area contributed by atoms with Gasteiger partial charge in [0, 0.05) is 29.8 Å². The normalized spacial score (nSPS) is 13.1. The minimum Gasteiger partial charge on any atom is -0.396 e. The highest BCUT2D eigenvalue weighted by Gasteiger charge is 2.26. The number of nitrogens with one attached hydrogen (secondary N) is 1. The van der Waals surface area contributed by atoms with E-state index in [2.05, 4.69) is 31.1 Å². The smallest absolute Gasteiger partial charge is 0.252 e. The second-order valence-corrected chi connectivity index (χ2v) is 6.28. The van der Waals surface area contributed by atoms with E-state index in [9.17, 15) is 9.90 Å². The first kappa shape index (κ1) is 15.4. The van der Waals surface area contributed by atoms with Gasteiger partial charge in [-0.15, -0.1) is 0 Å². The van der Waals surface area contributed by atoms with E-state index in [1.54, 1.807) is 12.3 Å². The van der Waals surface area contributed by atoms with Crippen molar-refractivity contribution in [1.29, 1.82) is 0 Å². The molecule has 1 amide bonds. The molecule has 0 radical (unpaired) electrons. The van der Waals surface area contributed by atoms with Crippen LogP contribution in [0, 0.1) is 5.41 Å². The Morgan fingerprint density at radius 3 is 2.71 bits per heavy atom. The third kappa shape index (κ3) is 3.58. The van der Waals surface area contributed by atoms with Gasteiger partial charge in [0.05, 0.1) is 5.52 Å². The van der Waals surface area contributed by atoms with E-state index in [-0.39, 0.29) is 24.0 Å². The summed E-state index contributed by atoms with van der Waals surface area (Å²) in [6.07, 6.45) is 2.26. The van der Waals surface area contributed by atoms with Crippen molar-refractivity contribution in [2.45, 2.75) is 33.2 Å². The molecule has 0 saturated heterocycles. The number of carbonyl (C=O) groups excluding carboxylic acids is 1. The summed E-state index contributed by atoms with van der Waals surface area (Å²) in [6.45, 7) is 6.22. The summed E-state index contributed by atoms with van der Waals surface area (Å²) in [4.78, 5) is 16.8. The number of pyridine rings is 1. The minimum atomic E-state index is -0.123. The molecule has 1 aromatic carbocycles. The molecule has 0 aliphatic heterocycles. The Bertz CT molecular complexity index is 627. The molecular weight excluding hydrogens is 264 g/mol. The Morgan fingerprint density at radius 1 is 1.29 bits per heavy atom. The molecule has 0 bridgehead atoms. The van der Waals surface area contributed by atoms with Crippen LogP contribution in [0.2, 0.25) is 0 Å². The lowest BCUT2D eigenvalue weighted by atomic mass is 9.84. The van der Waals surface area contributed by atoms with Gasteiger partial charge in [-0.3, -0.25) is 9.78 Å². The van der Waals surface area contributed by atoms with Gasteiger partial charge in [-0.1, -0.05) is 32.9 Å². The zero-order valence-corrected chi connectivity index (χ0v) is 12.8. The second-order valence-electron chi connectivity index (χ2n) is 6.28. The average Bonchev–Trinajstić information content (AvgIpc) is 2.45. The molecule has 1 atom stereocenters. The number of hydrogen-bond acceptors (Lipinski definition) is 3. The number of benzene rings is 1. The number of rotatable bonds is 4. The first-order valence-corrected chi connectivity index (χ1v) is 7.19. The number of amides is 1. The molecule has 2 aromatic rings. The van der Waals surface area contributed by atoms with E-state index in [0.717, 1.165) is 10.9 Å². The van der Waals surface area contributed by atoms with Crippen LogP contribution in [0.1, 0.15) is 37.6 Å². The molecule has 0 aliphatic rings. The Labute approximate surface area is 125 Å². The van der Waals surface area contributed by atoms with Crippen LogP contribution in [-0.2, 0) is 0 Å². The molecule has 0 fully saturated rings. The van der Waals surface area contributed by atoms with E-state index >= 15 is 0 Å². The summed E-state index contributed by atoms with van der Waals surface area (Å²) >= 11 is 0. The lowest BCUT2D eigenvalue weighted by Crippen LogP contribution is -2.44. The largest absolute Gasteiger partial charge is 0.396 e. The van der Waals surface area contributed by atoms with Gasteiger partial charge in [0.15, 0.2) is 0 Å². The number of carbonyl (C=O) groups is 1. The van der Waals surface area contributed by atoms with Gasteiger partial charge in [0.1, 0.15) is 0 Å². The highest BCUT2D eigenvalue weighted by atomic mass is 16.3. The Balaban J connectivity index is 2.30. The monoisotopic (exact) mass is 286 g/mol. The molecule has 0 spiro atoms. The third-order valence-corrected chi connectivity index (χ3v) is 3.66. The number of aliphatic hydroxyl groups is 1. The van der Waals surface area contributed by atoms with E-state index in [0.29, 0.717) is 12.0 Å². The standard InChI is InChI=1S/C17H22N2O2/c1-17(2,3)15(9-11-20)19-16(21)13-6-4-8-14-12(13)7-5-10-18-14/h4-8,10,15,20H,9,11H2,1-3H3,(H,19,21). The van der Waals surface area contributed by atoms with E-state index in [1.165, 1.54) is 0 Å². The maximum absolute atomic E-state index is 12.6. The fourth-order valence-corrected chi connectivity index (χ4v) is 2.39. The number of aliphatic hydroxyl groups excluding tert-OH is 1. The molecule has 4 nitrogen and oxygen atoms in total. The fourth-order valence-electron chi connectivity index (χ4n) is 2.39. The predicted octanol–water partition coefficient (Wildman–Crippen LogP) is 2.76. The first-order valence-electron chi connectivity index (χ1n) is 7.19. The lowest BCUT2D eigenvalue weighted by Gasteiger charge is -2.31. The highest BCUT2D eigenvalue weighted by molar-refractivity contribution is 6.06. The molecule has 2 rings (SSSR count). The Morgan fingerprint density at radius 2 is 2.05 bits per heavy atom. The summed E-state index contributed by atoms with van der Waals surface area (Å²) in [5, 5.41) is 13.1. The van der Waals surface area contributed by atoms with Gasteiger partial charge in [-0.05, 0) is 30.0 Å². The van der Waals surface area contributed by atoms with E-state index in [1.807, 2.05) is 24.3 Å². The molecule has 1 heterocycles. The van der Waals surface area contributed by atoms with Gasteiger partial charge >= 0.3 is 0 Å². The van der Waals surface area contributed by atoms with Crippen molar-refractivity contribution in [3.8, 4) is 0 Å². The van der Waals surface area contributed by atoms with Gasteiger partial charge in [0.2, 0.25) is 0 Å². The Kier molecular flexibility index (Phi) is 4.58. The fraction of sp³-hybridized carbons (Fsp3) is 0.412. The molecule has 1 unspecified atom stereocenters. The summed E-state index contributed by atoms with van der Waals surface area (Å²) < 4.78 is 0. The SMILES string of the molecule is CC(C)(C)C(CCO)NC(=O)c1cccc2ncccc12. The summed E-state index contributed by atoms with van der Waals surface area (Å²) in [5.41, 5.74) is 1.31. The summed E-state index contributed by atoms with van der Waals surface area (Å²) in [6, 6.07) is 9.17. The first-order chi connectivity index (χ1) is 9.93. The van der Waals surface area contributed by atoms with Crippen molar-refractivity contribution in [3.63, 3.8) is 0 Å². The number of nitrogens with zero attached hydrogens (tertiary/aromatic N) is 1. The topological polar surface area (TPSA) is 62.2 Å². The van der Waals surface area contributed by atoms with Crippen molar-refractivity contribution >= 4 is 16.8 Å². The lowest BCUT2D eigenvalue weighted by molar-refractivity contribution is 0.0887.